The van der Waals surface area contributed by atoms with Gasteiger partial charge < -0.3 is 5.32 Å². The maximum absolute atomic E-state index is 10.7. The Labute approximate surface area is 107 Å². The van der Waals surface area contributed by atoms with Crippen molar-refractivity contribution in [2.75, 3.05) is 7.05 Å². The van der Waals surface area contributed by atoms with Crippen LogP contribution in [0.4, 0.5) is 5.69 Å². The Balaban J connectivity index is 2.92. The van der Waals surface area contributed by atoms with Crippen molar-refractivity contribution in [3.05, 3.63) is 39.4 Å². The summed E-state index contributed by atoms with van der Waals surface area (Å²) in [6.07, 6.45) is 2.88. The molecule has 0 amide bonds. The van der Waals surface area contributed by atoms with E-state index in [1.54, 1.807) is 12.1 Å². The van der Waals surface area contributed by atoms with Crippen LogP contribution in [-0.2, 0) is 6.42 Å². The van der Waals surface area contributed by atoms with Crippen molar-refractivity contribution in [2.45, 2.75) is 32.2 Å². The summed E-state index contributed by atoms with van der Waals surface area (Å²) < 4.78 is 0. The van der Waals surface area contributed by atoms with Gasteiger partial charge in [-0.3, -0.25) is 10.1 Å². The summed E-state index contributed by atoms with van der Waals surface area (Å²) >= 11 is 0. The lowest BCUT2D eigenvalue weighted by Gasteiger charge is -2.15. The summed E-state index contributed by atoms with van der Waals surface area (Å²) in [6, 6.07) is 6.95. The number of nitro groups is 1. The molecule has 0 bridgehead atoms. The van der Waals surface area contributed by atoms with Gasteiger partial charge in [-0.1, -0.05) is 19.4 Å². The molecule has 0 aliphatic rings. The van der Waals surface area contributed by atoms with Crippen LogP contribution >= 0.6 is 0 Å². The second kappa shape index (κ2) is 6.72. The molecule has 0 saturated carbocycles. The quantitative estimate of drug-likeness (QED) is 0.618. The fourth-order valence-electron chi connectivity index (χ4n) is 1.94. The molecule has 1 unspecified atom stereocenters. The molecular formula is C13H17N3O2. The third-order valence-corrected chi connectivity index (χ3v) is 2.91. The average Bonchev–Trinajstić information content (AvgIpc) is 2.37. The predicted molar refractivity (Wildman–Crippen MR) is 69.3 cm³/mol. The molecule has 1 rings (SSSR count). The maximum Gasteiger partial charge on any atom is 0.287 e. The van der Waals surface area contributed by atoms with Gasteiger partial charge in [0.1, 0.15) is 11.6 Å². The molecule has 0 spiro atoms. The number of rotatable bonds is 6. The molecule has 0 heterocycles. The molecule has 0 aliphatic heterocycles. The van der Waals surface area contributed by atoms with Gasteiger partial charge in [0.05, 0.1) is 4.92 Å². The Bertz CT molecular complexity index is 466. The van der Waals surface area contributed by atoms with Crippen LogP contribution in [0.1, 0.15) is 30.9 Å². The minimum atomic E-state index is -0.524. The van der Waals surface area contributed by atoms with Gasteiger partial charge in [0.25, 0.3) is 5.69 Å². The van der Waals surface area contributed by atoms with E-state index in [1.807, 2.05) is 13.1 Å². The van der Waals surface area contributed by atoms with E-state index in [4.69, 9.17) is 5.26 Å². The third-order valence-electron chi connectivity index (χ3n) is 2.91. The average molecular weight is 247 g/mol. The highest BCUT2D eigenvalue weighted by molar-refractivity contribution is 5.50. The van der Waals surface area contributed by atoms with Crippen molar-refractivity contribution < 1.29 is 4.92 Å². The molecule has 1 atom stereocenters. The predicted octanol–water partition coefficient (Wildman–Crippen LogP) is 2.40. The summed E-state index contributed by atoms with van der Waals surface area (Å²) in [5.41, 5.74) is 0.951. The second-order valence-electron chi connectivity index (χ2n) is 4.20. The molecule has 1 aromatic carbocycles. The smallest absolute Gasteiger partial charge is 0.287 e. The van der Waals surface area contributed by atoms with Gasteiger partial charge in [0, 0.05) is 12.1 Å². The normalized spacial score (nSPS) is 11.8. The van der Waals surface area contributed by atoms with Crippen molar-refractivity contribution in [1.29, 1.82) is 5.26 Å². The molecule has 96 valence electrons. The summed E-state index contributed by atoms with van der Waals surface area (Å²) in [7, 11) is 1.90. The standard InChI is InChI=1S/C13H17N3O2/c1-3-4-12(15-2)8-10-5-6-13(16(17)18)11(7-10)9-14/h5-7,12,15H,3-4,8H2,1-2H3. The van der Waals surface area contributed by atoms with Crippen LogP contribution < -0.4 is 5.32 Å². The van der Waals surface area contributed by atoms with Crippen LogP contribution in [0.15, 0.2) is 18.2 Å². The van der Waals surface area contributed by atoms with Crippen LogP contribution in [0.25, 0.3) is 0 Å². The topological polar surface area (TPSA) is 79.0 Å². The molecule has 0 aromatic heterocycles. The molecule has 0 radical (unpaired) electrons. The van der Waals surface area contributed by atoms with E-state index in [1.165, 1.54) is 6.07 Å². The van der Waals surface area contributed by atoms with E-state index >= 15 is 0 Å². The first-order chi connectivity index (χ1) is 8.62. The van der Waals surface area contributed by atoms with Crippen molar-refractivity contribution in [3.8, 4) is 6.07 Å². The Morgan fingerprint density at radius 3 is 2.78 bits per heavy atom. The fourth-order valence-corrected chi connectivity index (χ4v) is 1.94. The SMILES string of the molecule is CCCC(Cc1ccc([N+](=O)[O-])c(C#N)c1)NC. The summed E-state index contributed by atoms with van der Waals surface area (Å²) in [6.45, 7) is 2.11. The molecular weight excluding hydrogens is 230 g/mol. The number of nitro benzene ring substituents is 1. The van der Waals surface area contributed by atoms with Gasteiger partial charge in [-0.2, -0.15) is 5.26 Å². The lowest BCUT2D eigenvalue weighted by molar-refractivity contribution is -0.385. The first-order valence-corrected chi connectivity index (χ1v) is 5.97. The van der Waals surface area contributed by atoms with Crippen LogP contribution in [0.5, 0.6) is 0 Å². The summed E-state index contributed by atoms with van der Waals surface area (Å²) in [5.74, 6) is 0. The largest absolute Gasteiger partial charge is 0.317 e. The first-order valence-electron chi connectivity index (χ1n) is 5.97. The number of nitriles is 1. The van der Waals surface area contributed by atoms with Gasteiger partial charge in [-0.25, -0.2) is 0 Å². The van der Waals surface area contributed by atoms with E-state index in [9.17, 15) is 10.1 Å². The third kappa shape index (κ3) is 3.54. The maximum atomic E-state index is 10.7. The fraction of sp³-hybridized carbons (Fsp3) is 0.462. The zero-order valence-corrected chi connectivity index (χ0v) is 10.6. The molecule has 0 aliphatic carbocycles. The molecule has 5 nitrogen and oxygen atoms in total. The van der Waals surface area contributed by atoms with E-state index in [0.717, 1.165) is 24.8 Å². The summed E-state index contributed by atoms with van der Waals surface area (Å²) in [4.78, 5) is 10.2. The minimum absolute atomic E-state index is 0.127. The first kappa shape index (κ1) is 14.1. The van der Waals surface area contributed by atoms with E-state index in [0.29, 0.717) is 6.04 Å². The van der Waals surface area contributed by atoms with Crippen LogP contribution in [0, 0.1) is 21.4 Å². The van der Waals surface area contributed by atoms with Gasteiger partial charge >= 0.3 is 0 Å². The van der Waals surface area contributed by atoms with Crippen molar-refractivity contribution in [3.63, 3.8) is 0 Å². The highest BCUT2D eigenvalue weighted by Gasteiger charge is 2.15. The van der Waals surface area contributed by atoms with Crippen molar-refractivity contribution in [1.82, 2.24) is 5.32 Å². The number of hydrogen-bond donors (Lipinski definition) is 1. The van der Waals surface area contributed by atoms with E-state index < -0.39 is 4.92 Å². The number of hydrogen-bond acceptors (Lipinski definition) is 4. The van der Waals surface area contributed by atoms with E-state index in [-0.39, 0.29) is 11.3 Å². The van der Waals surface area contributed by atoms with Gasteiger partial charge in [-0.15, -0.1) is 0 Å². The Kier molecular flexibility index (Phi) is 5.28. The molecule has 18 heavy (non-hydrogen) atoms. The van der Waals surface area contributed by atoms with Crippen molar-refractivity contribution in [2.24, 2.45) is 0 Å². The summed E-state index contributed by atoms with van der Waals surface area (Å²) in [5, 5.41) is 22.8. The van der Waals surface area contributed by atoms with Gasteiger partial charge in [-0.05, 0) is 31.5 Å². The van der Waals surface area contributed by atoms with Gasteiger partial charge in [0.2, 0.25) is 0 Å². The lowest BCUT2D eigenvalue weighted by atomic mass is 10.00. The highest BCUT2D eigenvalue weighted by atomic mass is 16.6. The van der Waals surface area contributed by atoms with Crippen LogP contribution in [0.2, 0.25) is 0 Å². The Hall–Kier alpha value is -1.93. The monoisotopic (exact) mass is 247 g/mol. The van der Waals surface area contributed by atoms with Gasteiger partial charge in [0.15, 0.2) is 0 Å². The molecule has 5 heteroatoms. The number of likely N-dealkylation sites (N-methyl/N-ethyl adjacent to an activating group) is 1. The number of nitrogens with zero attached hydrogens (tertiary/aromatic N) is 2. The molecule has 0 fully saturated rings. The Morgan fingerprint density at radius 2 is 2.28 bits per heavy atom. The van der Waals surface area contributed by atoms with E-state index in [2.05, 4.69) is 12.2 Å². The number of benzene rings is 1. The molecule has 0 saturated heterocycles. The molecule has 1 N–H and O–H groups in total. The van der Waals surface area contributed by atoms with Crippen LogP contribution in [0.3, 0.4) is 0 Å². The van der Waals surface area contributed by atoms with Crippen LogP contribution in [-0.4, -0.2) is 18.0 Å². The lowest BCUT2D eigenvalue weighted by Crippen LogP contribution is -2.27. The zero-order chi connectivity index (χ0) is 13.5. The highest BCUT2D eigenvalue weighted by Crippen LogP contribution is 2.20. The minimum Gasteiger partial charge on any atom is -0.317 e. The number of nitrogens with one attached hydrogen (secondary N) is 1. The zero-order valence-electron chi connectivity index (χ0n) is 10.6. The molecule has 1 aromatic rings. The van der Waals surface area contributed by atoms with Crippen molar-refractivity contribution >= 4 is 5.69 Å². The Morgan fingerprint density at radius 1 is 1.56 bits per heavy atom. The second-order valence-corrected chi connectivity index (χ2v) is 4.20.